The second kappa shape index (κ2) is 5.52. The molecule has 0 atom stereocenters. The fraction of sp³-hybridized carbons (Fsp3) is 0.250. The van der Waals surface area contributed by atoms with E-state index < -0.39 is 10.0 Å². The van der Waals surface area contributed by atoms with E-state index in [1.54, 1.807) is 18.2 Å². The SMILES string of the molecule is O=S(=O)(CCCl)Nc1ccc(Br)cc1Br. The van der Waals surface area contributed by atoms with Gasteiger partial charge in [0, 0.05) is 14.8 Å². The van der Waals surface area contributed by atoms with E-state index in [0.29, 0.717) is 10.2 Å². The summed E-state index contributed by atoms with van der Waals surface area (Å²) >= 11 is 11.9. The van der Waals surface area contributed by atoms with Crippen LogP contribution < -0.4 is 4.72 Å². The lowest BCUT2D eigenvalue weighted by atomic mass is 10.3. The molecule has 0 heterocycles. The second-order valence-corrected chi connectivity index (χ2v) is 6.72. The number of anilines is 1. The van der Waals surface area contributed by atoms with Crippen LogP contribution in [0.3, 0.4) is 0 Å². The Kier molecular flexibility index (Phi) is 4.89. The molecule has 0 saturated carbocycles. The van der Waals surface area contributed by atoms with E-state index in [0.717, 1.165) is 4.47 Å². The zero-order chi connectivity index (χ0) is 11.5. The van der Waals surface area contributed by atoms with Gasteiger partial charge < -0.3 is 0 Å². The van der Waals surface area contributed by atoms with E-state index in [9.17, 15) is 8.42 Å². The van der Waals surface area contributed by atoms with E-state index in [2.05, 4.69) is 36.6 Å². The number of rotatable bonds is 4. The van der Waals surface area contributed by atoms with Gasteiger partial charge in [0.15, 0.2) is 0 Å². The number of hydrogen-bond donors (Lipinski definition) is 1. The van der Waals surface area contributed by atoms with Gasteiger partial charge in [-0.1, -0.05) is 15.9 Å². The van der Waals surface area contributed by atoms with Gasteiger partial charge in [-0.2, -0.15) is 0 Å². The molecule has 0 aliphatic rings. The van der Waals surface area contributed by atoms with Crippen LogP contribution in [0, 0.1) is 0 Å². The van der Waals surface area contributed by atoms with Crippen LogP contribution in [-0.4, -0.2) is 20.1 Å². The average molecular weight is 377 g/mol. The van der Waals surface area contributed by atoms with Gasteiger partial charge in [0.1, 0.15) is 0 Å². The predicted molar refractivity (Wildman–Crippen MR) is 70.0 cm³/mol. The van der Waals surface area contributed by atoms with E-state index in [1.807, 2.05) is 0 Å². The maximum absolute atomic E-state index is 11.4. The number of benzene rings is 1. The van der Waals surface area contributed by atoms with Gasteiger partial charge in [0.05, 0.1) is 11.4 Å². The van der Waals surface area contributed by atoms with Crippen LogP contribution in [0.1, 0.15) is 0 Å². The summed E-state index contributed by atoms with van der Waals surface area (Å²) in [7, 11) is -3.35. The van der Waals surface area contributed by atoms with Gasteiger partial charge in [-0.15, -0.1) is 11.6 Å². The Hall–Kier alpha value is 0.220. The molecule has 84 valence electrons. The van der Waals surface area contributed by atoms with E-state index in [4.69, 9.17) is 11.6 Å². The molecule has 7 heteroatoms. The van der Waals surface area contributed by atoms with Crippen molar-refractivity contribution in [1.82, 2.24) is 0 Å². The first-order chi connectivity index (χ1) is 6.94. The number of halogens is 3. The first-order valence-electron chi connectivity index (χ1n) is 3.96. The Morgan fingerprint density at radius 1 is 1.33 bits per heavy atom. The molecule has 1 N–H and O–H groups in total. The van der Waals surface area contributed by atoms with Gasteiger partial charge in [0.2, 0.25) is 10.0 Å². The fourth-order valence-corrected chi connectivity index (χ4v) is 3.60. The summed E-state index contributed by atoms with van der Waals surface area (Å²) in [6.07, 6.45) is 0. The predicted octanol–water partition coefficient (Wildman–Crippen LogP) is 3.19. The number of nitrogens with one attached hydrogen (secondary N) is 1. The van der Waals surface area contributed by atoms with Crippen molar-refractivity contribution in [3.05, 3.63) is 27.1 Å². The normalized spacial score (nSPS) is 11.4. The standard InChI is InChI=1S/C8H8Br2ClNO2S/c9-6-1-2-8(7(10)5-6)12-15(13,14)4-3-11/h1-2,5,12H,3-4H2. The summed E-state index contributed by atoms with van der Waals surface area (Å²) in [5.74, 6) is -0.0272. The molecule has 0 amide bonds. The van der Waals surface area contributed by atoms with Crippen molar-refractivity contribution in [2.75, 3.05) is 16.4 Å². The van der Waals surface area contributed by atoms with Crippen LogP contribution in [0.2, 0.25) is 0 Å². The van der Waals surface area contributed by atoms with Crippen LogP contribution in [-0.2, 0) is 10.0 Å². The van der Waals surface area contributed by atoms with Crippen LogP contribution in [0.5, 0.6) is 0 Å². The summed E-state index contributed by atoms with van der Waals surface area (Å²) in [6, 6.07) is 5.18. The molecule has 0 spiro atoms. The molecule has 0 radical (unpaired) electrons. The molecule has 0 fully saturated rings. The Balaban J connectivity index is 2.90. The van der Waals surface area contributed by atoms with Crippen molar-refractivity contribution >= 4 is 59.2 Å². The molecule has 3 nitrogen and oxygen atoms in total. The zero-order valence-corrected chi connectivity index (χ0v) is 12.2. The summed E-state index contributed by atoms with van der Waals surface area (Å²) in [6.45, 7) is 0. The first-order valence-corrected chi connectivity index (χ1v) is 7.73. The topological polar surface area (TPSA) is 46.2 Å². The smallest absolute Gasteiger partial charge is 0.233 e. The lowest BCUT2D eigenvalue weighted by Gasteiger charge is -2.08. The third kappa shape index (κ3) is 4.30. The Morgan fingerprint density at radius 2 is 2.00 bits per heavy atom. The number of sulfonamides is 1. The minimum absolute atomic E-state index is 0.0729. The molecular formula is C8H8Br2ClNO2S. The highest BCUT2D eigenvalue weighted by molar-refractivity contribution is 9.11. The monoisotopic (exact) mass is 375 g/mol. The quantitative estimate of drug-likeness (QED) is 0.819. The third-order valence-electron chi connectivity index (χ3n) is 1.54. The Morgan fingerprint density at radius 3 is 2.53 bits per heavy atom. The molecule has 0 aromatic heterocycles. The van der Waals surface area contributed by atoms with Gasteiger partial charge in [0.25, 0.3) is 0 Å². The minimum Gasteiger partial charge on any atom is -0.282 e. The van der Waals surface area contributed by atoms with Crippen molar-refractivity contribution in [2.24, 2.45) is 0 Å². The van der Waals surface area contributed by atoms with Gasteiger partial charge in [-0.25, -0.2) is 8.42 Å². The van der Waals surface area contributed by atoms with Crippen molar-refractivity contribution < 1.29 is 8.42 Å². The highest BCUT2D eigenvalue weighted by atomic mass is 79.9. The lowest BCUT2D eigenvalue weighted by Crippen LogP contribution is -2.17. The maximum Gasteiger partial charge on any atom is 0.233 e. The molecule has 0 bridgehead atoms. The molecule has 0 saturated heterocycles. The molecule has 0 aliphatic heterocycles. The van der Waals surface area contributed by atoms with Crippen molar-refractivity contribution in [3.63, 3.8) is 0 Å². The highest BCUT2D eigenvalue weighted by Gasteiger charge is 2.11. The zero-order valence-electron chi connectivity index (χ0n) is 7.50. The molecule has 15 heavy (non-hydrogen) atoms. The summed E-state index contributed by atoms with van der Waals surface area (Å²) in [4.78, 5) is 0. The van der Waals surface area contributed by atoms with Crippen molar-refractivity contribution in [1.29, 1.82) is 0 Å². The van der Waals surface area contributed by atoms with Gasteiger partial charge in [-0.05, 0) is 34.1 Å². The average Bonchev–Trinajstić information content (AvgIpc) is 2.09. The number of hydrogen-bond acceptors (Lipinski definition) is 2. The third-order valence-corrected chi connectivity index (χ3v) is 4.38. The Labute approximate surface area is 111 Å². The van der Waals surface area contributed by atoms with Gasteiger partial charge in [-0.3, -0.25) is 4.72 Å². The fourth-order valence-electron chi connectivity index (χ4n) is 0.892. The molecule has 1 aromatic carbocycles. The summed E-state index contributed by atoms with van der Waals surface area (Å²) < 4.78 is 26.8. The van der Waals surface area contributed by atoms with Gasteiger partial charge >= 0.3 is 0 Å². The van der Waals surface area contributed by atoms with E-state index in [1.165, 1.54) is 0 Å². The van der Waals surface area contributed by atoms with Crippen molar-refractivity contribution in [3.8, 4) is 0 Å². The van der Waals surface area contributed by atoms with Crippen LogP contribution in [0.4, 0.5) is 5.69 Å². The molecular weight excluding hydrogens is 369 g/mol. The molecule has 0 aliphatic carbocycles. The van der Waals surface area contributed by atoms with Crippen LogP contribution >= 0.6 is 43.5 Å². The summed E-state index contributed by atoms with van der Waals surface area (Å²) in [5.41, 5.74) is 0.503. The maximum atomic E-state index is 11.4. The summed E-state index contributed by atoms with van der Waals surface area (Å²) in [5, 5.41) is 0. The van der Waals surface area contributed by atoms with E-state index >= 15 is 0 Å². The number of alkyl halides is 1. The lowest BCUT2D eigenvalue weighted by molar-refractivity contribution is 0.602. The molecule has 0 unspecified atom stereocenters. The largest absolute Gasteiger partial charge is 0.282 e. The van der Waals surface area contributed by atoms with Crippen LogP contribution in [0.15, 0.2) is 27.1 Å². The van der Waals surface area contributed by atoms with Crippen molar-refractivity contribution in [2.45, 2.75) is 0 Å². The minimum atomic E-state index is -3.35. The first kappa shape index (κ1) is 13.3. The highest BCUT2D eigenvalue weighted by Crippen LogP contribution is 2.26. The van der Waals surface area contributed by atoms with Crippen LogP contribution in [0.25, 0.3) is 0 Å². The molecule has 1 rings (SSSR count). The molecule has 1 aromatic rings. The second-order valence-electron chi connectivity index (χ2n) is 2.73. The Bertz CT molecular complexity index is 450. The van der Waals surface area contributed by atoms with E-state index in [-0.39, 0.29) is 11.6 Å².